The highest BCUT2D eigenvalue weighted by Crippen LogP contribution is 2.10. The van der Waals surface area contributed by atoms with Gasteiger partial charge in [0.15, 0.2) is 0 Å². The monoisotopic (exact) mass is 249 g/mol. The highest BCUT2D eigenvalue weighted by molar-refractivity contribution is 5.76. The first kappa shape index (κ1) is 14.2. The number of hydrogen-bond acceptors (Lipinski definition) is 2. The summed E-state index contributed by atoms with van der Waals surface area (Å²) in [6.45, 7) is 4.35. The number of benzene rings is 1. The molecule has 0 aromatic heterocycles. The van der Waals surface area contributed by atoms with Gasteiger partial charge in [-0.25, -0.2) is 0 Å². The molecule has 0 radical (unpaired) electrons. The predicted molar refractivity (Wildman–Crippen MR) is 69.1 cm³/mol. The lowest BCUT2D eigenvalue weighted by Gasteiger charge is -2.10. The molecule has 0 aliphatic carbocycles. The van der Waals surface area contributed by atoms with Crippen LogP contribution >= 0.6 is 0 Å². The topological polar surface area (TPSA) is 66.4 Å². The summed E-state index contributed by atoms with van der Waals surface area (Å²) in [5.74, 6) is -0.551. The molecule has 98 valence electrons. The number of carboxylic acid groups (broad SMARTS) is 1. The molecule has 0 saturated carbocycles. The Bertz CT molecular complexity index is 427. The molecule has 1 amide bonds. The lowest BCUT2D eigenvalue weighted by molar-refractivity contribution is -0.136. The minimum Gasteiger partial charge on any atom is -0.481 e. The van der Waals surface area contributed by atoms with Crippen LogP contribution in [0.15, 0.2) is 24.3 Å². The minimum atomic E-state index is -0.865. The van der Waals surface area contributed by atoms with E-state index in [-0.39, 0.29) is 12.3 Å². The van der Waals surface area contributed by atoms with E-state index in [0.717, 1.165) is 11.1 Å². The number of aliphatic carboxylic acids is 1. The van der Waals surface area contributed by atoms with E-state index in [9.17, 15) is 9.59 Å². The Hall–Kier alpha value is -1.84. The normalized spacial score (nSPS) is 10.4. The maximum atomic E-state index is 11.5. The molecule has 18 heavy (non-hydrogen) atoms. The standard InChI is InChI=1S/C14H19NO3/c1-10(2)7-13(16)15-9-12-6-4-3-5-11(12)8-14(17)18/h3-6,10H,7-9H2,1-2H3,(H,15,16)(H,17,18). The lowest BCUT2D eigenvalue weighted by Crippen LogP contribution is -2.24. The molecule has 0 heterocycles. The van der Waals surface area contributed by atoms with Crippen molar-refractivity contribution in [1.29, 1.82) is 0 Å². The van der Waals surface area contributed by atoms with Gasteiger partial charge in [0.1, 0.15) is 0 Å². The molecule has 1 aromatic rings. The largest absolute Gasteiger partial charge is 0.481 e. The maximum absolute atomic E-state index is 11.5. The number of hydrogen-bond donors (Lipinski definition) is 2. The zero-order chi connectivity index (χ0) is 13.5. The predicted octanol–water partition coefficient (Wildman–Crippen LogP) is 1.98. The fraction of sp³-hybridized carbons (Fsp3) is 0.429. The van der Waals surface area contributed by atoms with Crippen molar-refractivity contribution in [2.45, 2.75) is 33.2 Å². The van der Waals surface area contributed by atoms with E-state index in [1.807, 2.05) is 26.0 Å². The van der Waals surface area contributed by atoms with Gasteiger partial charge in [-0.2, -0.15) is 0 Å². The molecular weight excluding hydrogens is 230 g/mol. The van der Waals surface area contributed by atoms with Gasteiger partial charge in [0.2, 0.25) is 5.91 Å². The highest BCUT2D eigenvalue weighted by atomic mass is 16.4. The molecule has 0 fully saturated rings. The minimum absolute atomic E-state index is 0.00451. The van der Waals surface area contributed by atoms with Gasteiger partial charge in [-0.05, 0) is 17.0 Å². The number of nitrogens with one attached hydrogen (secondary N) is 1. The first-order valence-corrected chi connectivity index (χ1v) is 6.04. The molecule has 1 rings (SSSR count). The van der Waals surface area contributed by atoms with Crippen LogP contribution in [0.3, 0.4) is 0 Å². The molecule has 0 bridgehead atoms. The fourth-order valence-electron chi connectivity index (χ4n) is 1.70. The van der Waals surface area contributed by atoms with Crippen molar-refractivity contribution in [1.82, 2.24) is 5.32 Å². The summed E-state index contributed by atoms with van der Waals surface area (Å²) >= 11 is 0. The third-order valence-corrected chi connectivity index (χ3v) is 2.53. The summed E-state index contributed by atoms with van der Waals surface area (Å²) in [4.78, 5) is 22.3. The second-order valence-corrected chi connectivity index (χ2v) is 4.71. The average molecular weight is 249 g/mol. The van der Waals surface area contributed by atoms with Gasteiger partial charge in [-0.1, -0.05) is 38.1 Å². The molecule has 0 atom stereocenters. The summed E-state index contributed by atoms with van der Waals surface area (Å²) in [5.41, 5.74) is 1.60. The van der Waals surface area contributed by atoms with Crippen molar-refractivity contribution in [2.24, 2.45) is 5.92 Å². The Morgan fingerprint density at radius 1 is 1.22 bits per heavy atom. The summed E-state index contributed by atoms with van der Waals surface area (Å²) in [6, 6.07) is 7.26. The van der Waals surface area contributed by atoms with Crippen LogP contribution in [0, 0.1) is 5.92 Å². The van der Waals surface area contributed by atoms with Crippen LogP contribution in [0.2, 0.25) is 0 Å². The van der Waals surface area contributed by atoms with Crippen molar-refractivity contribution >= 4 is 11.9 Å². The maximum Gasteiger partial charge on any atom is 0.307 e. The fourth-order valence-corrected chi connectivity index (χ4v) is 1.70. The van der Waals surface area contributed by atoms with E-state index in [1.54, 1.807) is 12.1 Å². The van der Waals surface area contributed by atoms with Gasteiger partial charge in [0.25, 0.3) is 0 Å². The molecular formula is C14H19NO3. The van der Waals surface area contributed by atoms with Gasteiger partial charge in [-0.3, -0.25) is 9.59 Å². The number of carbonyl (C=O) groups is 2. The Labute approximate surface area is 107 Å². The van der Waals surface area contributed by atoms with Crippen molar-refractivity contribution in [3.8, 4) is 0 Å². The quantitative estimate of drug-likeness (QED) is 0.810. The smallest absolute Gasteiger partial charge is 0.307 e. The molecule has 1 aromatic carbocycles. The summed E-state index contributed by atoms with van der Waals surface area (Å²) in [7, 11) is 0. The first-order valence-electron chi connectivity index (χ1n) is 6.04. The SMILES string of the molecule is CC(C)CC(=O)NCc1ccccc1CC(=O)O. The third-order valence-electron chi connectivity index (χ3n) is 2.53. The van der Waals surface area contributed by atoms with Gasteiger partial charge in [0, 0.05) is 13.0 Å². The van der Waals surface area contributed by atoms with Crippen molar-refractivity contribution in [2.75, 3.05) is 0 Å². The number of carboxylic acids is 1. The van der Waals surface area contributed by atoms with E-state index < -0.39 is 5.97 Å². The average Bonchev–Trinajstić information content (AvgIpc) is 2.26. The van der Waals surface area contributed by atoms with E-state index in [1.165, 1.54) is 0 Å². The van der Waals surface area contributed by atoms with Gasteiger partial charge < -0.3 is 10.4 Å². The number of rotatable bonds is 6. The zero-order valence-electron chi connectivity index (χ0n) is 10.8. The Morgan fingerprint density at radius 2 is 1.83 bits per heavy atom. The van der Waals surface area contributed by atoms with Crippen LogP contribution < -0.4 is 5.32 Å². The van der Waals surface area contributed by atoms with E-state index in [0.29, 0.717) is 18.9 Å². The first-order chi connectivity index (χ1) is 8.49. The van der Waals surface area contributed by atoms with E-state index >= 15 is 0 Å². The van der Waals surface area contributed by atoms with Crippen LogP contribution in [0.4, 0.5) is 0 Å². The molecule has 4 nitrogen and oxygen atoms in total. The van der Waals surface area contributed by atoms with Crippen molar-refractivity contribution < 1.29 is 14.7 Å². The molecule has 2 N–H and O–H groups in total. The molecule has 0 aliphatic heterocycles. The Balaban J connectivity index is 2.61. The van der Waals surface area contributed by atoms with Gasteiger partial charge in [0.05, 0.1) is 6.42 Å². The second kappa shape index (κ2) is 6.79. The van der Waals surface area contributed by atoms with Crippen molar-refractivity contribution in [3.63, 3.8) is 0 Å². The number of carbonyl (C=O) groups excluding carboxylic acids is 1. The van der Waals surface area contributed by atoms with Gasteiger partial charge >= 0.3 is 5.97 Å². The van der Waals surface area contributed by atoms with Crippen LogP contribution in [-0.4, -0.2) is 17.0 Å². The van der Waals surface area contributed by atoms with E-state index in [4.69, 9.17) is 5.11 Å². The van der Waals surface area contributed by atoms with Crippen LogP contribution in [0.25, 0.3) is 0 Å². The molecule has 4 heteroatoms. The summed E-state index contributed by atoms with van der Waals surface area (Å²) in [5, 5.41) is 11.6. The Kier molecular flexibility index (Phi) is 5.36. The molecule has 0 unspecified atom stereocenters. The highest BCUT2D eigenvalue weighted by Gasteiger charge is 2.08. The number of amides is 1. The van der Waals surface area contributed by atoms with Crippen LogP contribution in [0.5, 0.6) is 0 Å². The van der Waals surface area contributed by atoms with E-state index in [2.05, 4.69) is 5.32 Å². The third kappa shape index (κ3) is 4.99. The van der Waals surface area contributed by atoms with Crippen LogP contribution in [0.1, 0.15) is 31.4 Å². The molecule has 0 spiro atoms. The Morgan fingerprint density at radius 3 is 2.39 bits per heavy atom. The zero-order valence-corrected chi connectivity index (χ0v) is 10.8. The lowest BCUT2D eigenvalue weighted by atomic mass is 10.0. The van der Waals surface area contributed by atoms with Crippen molar-refractivity contribution in [3.05, 3.63) is 35.4 Å². The van der Waals surface area contributed by atoms with Crippen LogP contribution in [-0.2, 0) is 22.6 Å². The molecule has 0 saturated heterocycles. The summed E-state index contributed by atoms with van der Waals surface area (Å²) in [6.07, 6.45) is 0.470. The summed E-state index contributed by atoms with van der Waals surface area (Å²) < 4.78 is 0. The molecule has 0 aliphatic rings. The van der Waals surface area contributed by atoms with Gasteiger partial charge in [-0.15, -0.1) is 0 Å². The second-order valence-electron chi connectivity index (χ2n) is 4.71.